The predicted molar refractivity (Wildman–Crippen MR) is 50.5 cm³/mol. The Labute approximate surface area is 70.0 Å². The molecule has 1 aliphatic carbocycles. The molecule has 0 heterocycles. The van der Waals surface area contributed by atoms with Crippen molar-refractivity contribution in [1.29, 1.82) is 0 Å². The van der Waals surface area contributed by atoms with Gasteiger partial charge in [-0.3, -0.25) is 0 Å². The molecule has 0 bridgehead atoms. The van der Waals surface area contributed by atoms with Crippen molar-refractivity contribution in [2.24, 2.45) is 11.3 Å². The zero-order valence-electron chi connectivity index (χ0n) is 7.80. The van der Waals surface area contributed by atoms with Crippen LogP contribution in [0.5, 0.6) is 0 Å². The largest absolute Gasteiger partial charge is 0.0837 e. The summed E-state index contributed by atoms with van der Waals surface area (Å²) in [6, 6.07) is 0. The molecule has 0 heteroatoms. The Morgan fingerprint density at radius 3 is 2.64 bits per heavy atom. The first-order valence-corrected chi connectivity index (χ1v) is 4.53. The van der Waals surface area contributed by atoms with Gasteiger partial charge in [-0.2, -0.15) is 0 Å². The standard InChI is InChI=1S/C11H18/c1-4-10(2)11(3)8-6-5-7-9-11/h5-8,10H,4,9H2,1-3H3/t10?,11-/m1/s1. The molecule has 0 aromatic rings. The highest BCUT2D eigenvalue weighted by atomic mass is 14.3. The summed E-state index contributed by atoms with van der Waals surface area (Å²) in [5.41, 5.74) is 0.420. The maximum absolute atomic E-state index is 2.35. The molecular formula is C11H18. The van der Waals surface area contributed by atoms with Crippen LogP contribution in [-0.4, -0.2) is 0 Å². The first-order valence-electron chi connectivity index (χ1n) is 4.53. The highest BCUT2D eigenvalue weighted by Gasteiger charge is 2.26. The molecule has 1 rings (SSSR count). The van der Waals surface area contributed by atoms with Crippen molar-refractivity contribution in [2.75, 3.05) is 0 Å². The third-order valence-corrected chi connectivity index (χ3v) is 3.02. The minimum absolute atomic E-state index is 0.420. The van der Waals surface area contributed by atoms with Gasteiger partial charge in [0, 0.05) is 0 Å². The number of rotatable bonds is 2. The van der Waals surface area contributed by atoms with E-state index in [9.17, 15) is 0 Å². The van der Waals surface area contributed by atoms with Crippen molar-refractivity contribution < 1.29 is 0 Å². The Morgan fingerprint density at radius 2 is 2.18 bits per heavy atom. The summed E-state index contributed by atoms with van der Waals surface area (Å²) in [6.07, 6.45) is 11.4. The van der Waals surface area contributed by atoms with E-state index in [-0.39, 0.29) is 0 Å². The highest BCUT2D eigenvalue weighted by molar-refractivity contribution is 5.16. The van der Waals surface area contributed by atoms with Crippen LogP contribution in [0.1, 0.15) is 33.6 Å². The molecule has 1 unspecified atom stereocenters. The molecule has 0 aliphatic heterocycles. The first kappa shape index (κ1) is 8.58. The van der Waals surface area contributed by atoms with Crippen LogP contribution >= 0.6 is 0 Å². The molecule has 0 amide bonds. The van der Waals surface area contributed by atoms with Gasteiger partial charge in [0.05, 0.1) is 0 Å². The van der Waals surface area contributed by atoms with Gasteiger partial charge < -0.3 is 0 Å². The van der Waals surface area contributed by atoms with Crippen LogP contribution in [0.15, 0.2) is 24.3 Å². The van der Waals surface area contributed by atoms with Gasteiger partial charge in [-0.25, -0.2) is 0 Å². The SMILES string of the molecule is CCC(C)[C@]1(C)C=CC=CC1. The van der Waals surface area contributed by atoms with Crippen molar-refractivity contribution >= 4 is 0 Å². The Bertz CT molecular complexity index is 176. The van der Waals surface area contributed by atoms with E-state index in [1.54, 1.807) is 0 Å². The zero-order chi connectivity index (χ0) is 8.32. The monoisotopic (exact) mass is 150 g/mol. The van der Waals surface area contributed by atoms with Crippen LogP contribution in [-0.2, 0) is 0 Å². The molecule has 0 fully saturated rings. The zero-order valence-corrected chi connectivity index (χ0v) is 7.80. The smallest absolute Gasteiger partial charge is 0.00833 e. The summed E-state index contributed by atoms with van der Waals surface area (Å²) in [4.78, 5) is 0. The lowest BCUT2D eigenvalue weighted by molar-refractivity contribution is 0.269. The fraction of sp³-hybridized carbons (Fsp3) is 0.636. The maximum Gasteiger partial charge on any atom is -0.00833 e. The third-order valence-electron chi connectivity index (χ3n) is 3.02. The van der Waals surface area contributed by atoms with Gasteiger partial charge in [-0.1, -0.05) is 51.5 Å². The maximum atomic E-state index is 2.35. The van der Waals surface area contributed by atoms with E-state index in [1.807, 2.05) is 0 Å². The number of allylic oxidation sites excluding steroid dienone is 4. The van der Waals surface area contributed by atoms with Gasteiger partial charge in [0.1, 0.15) is 0 Å². The van der Waals surface area contributed by atoms with Crippen LogP contribution < -0.4 is 0 Å². The lowest BCUT2D eigenvalue weighted by Crippen LogP contribution is -2.22. The Kier molecular flexibility index (Phi) is 2.53. The van der Waals surface area contributed by atoms with Crippen molar-refractivity contribution in [3.63, 3.8) is 0 Å². The quantitative estimate of drug-likeness (QED) is 0.564. The molecular weight excluding hydrogens is 132 g/mol. The van der Waals surface area contributed by atoms with Gasteiger partial charge in [0.25, 0.3) is 0 Å². The second kappa shape index (κ2) is 3.25. The lowest BCUT2D eigenvalue weighted by atomic mass is 9.72. The van der Waals surface area contributed by atoms with Gasteiger partial charge >= 0.3 is 0 Å². The Balaban J connectivity index is 2.67. The van der Waals surface area contributed by atoms with Gasteiger partial charge in [-0.15, -0.1) is 0 Å². The van der Waals surface area contributed by atoms with Crippen LogP contribution in [0.4, 0.5) is 0 Å². The average Bonchev–Trinajstić information content (AvgIpc) is 2.04. The van der Waals surface area contributed by atoms with Crippen LogP contribution in [0.2, 0.25) is 0 Å². The molecule has 0 saturated carbocycles. The molecule has 0 aromatic heterocycles. The molecule has 11 heavy (non-hydrogen) atoms. The topological polar surface area (TPSA) is 0 Å². The van der Waals surface area contributed by atoms with Gasteiger partial charge in [-0.05, 0) is 17.8 Å². The molecule has 1 aliphatic rings. The van der Waals surface area contributed by atoms with E-state index in [1.165, 1.54) is 12.8 Å². The fourth-order valence-electron chi connectivity index (χ4n) is 1.58. The first-order chi connectivity index (χ1) is 5.19. The Morgan fingerprint density at radius 1 is 1.45 bits per heavy atom. The van der Waals surface area contributed by atoms with E-state index < -0.39 is 0 Å². The second-order valence-electron chi connectivity index (χ2n) is 3.81. The second-order valence-corrected chi connectivity index (χ2v) is 3.81. The Hall–Kier alpha value is -0.520. The fourth-order valence-corrected chi connectivity index (χ4v) is 1.58. The summed E-state index contributed by atoms with van der Waals surface area (Å²) in [7, 11) is 0. The molecule has 2 atom stereocenters. The van der Waals surface area contributed by atoms with E-state index in [2.05, 4.69) is 45.1 Å². The normalized spacial score (nSPS) is 32.3. The minimum atomic E-state index is 0.420. The third kappa shape index (κ3) is 1.74. The molecule has 62 valence electrons. The molecule has 0 aromatic carbocycles. The van der Waals surface area contributed by atoms with Gasteiger partial charge in [0.15, 0.2) is 0 Å². The van der Waals surface area contributed by atoms with Crippen LogP contribution in [0.3, 0.4) is 0 Å². The summed E-state index contributed by atoms with van der Waals surface area (Å²) in [5.74, 6) is 0.795. The van der Waals surface area contributed by atoms with Gasteiger partial charge in [0.2, 0.25) is 0 Å². The molecule has 0 radical (unpaired) electrons. The van der Waals surface area contributed by atoms with Crippen molar-refractivity contribution in [1.82, 2.24) is 0 Å². The summed E-state index contributed by atoms with van der Waals surface area (Å²) >= 11 is 0. The summed E-state index contributed by atoms with van der Waals surface area (Å²) in [6.45, 7) is 6.95. The van der Waals surface area contributed by atoms with Crippen molar-refractivity contribution in [2.45, 2.75) is 33.6 Å². The lowest BCUT2D eigenvalue weighted by Gasteiger charge is -2.32. The number of hydrogen-bond acceptors (Lipinski definition) is 0. The highest BCUT2D eigenvalue weighted by Crippen LogP contribution is 2.36. The summed E-state index contributed by atoms with van der Waals surface area (Å²) < 4.78 is 0. The van der Waals surface area contributed by atoms with Crippen molar-refractivity contribution in [3.8, 4) is 0 Å². The van der Waals surface area contributed by atoms with Crippen LogP contribution in [0, 0.1) is 11.3 Å². The van der Waals surface area contributed by atoms with E-state index in [0.717, 1.165) is 5.92 Å². The molecule has 0 nitrogen and oxygen atoms in total. The number of hydrogen-bond donors (Lipinski definition) is 0. The molecule has 0 N–H and O–H groups in total. The van der Waals surface area contributed by atoms with Crippen molar-refractivity contribution in [3.05, 3.63) is 24.3 Å². The van der Waals surface area contributed by atoms with E-state index in [4.69, 9.17) is 0 Å². The molecule has 0 saturated heterocycles. The molecule has 0 spiro atoms. The van der Waals surface area contributed by atoms with Crippen LogP contribution in [0.25, 0.3) is 0 Å². The van der Waals surface area contributed by atoms with E-state index >= 15 is 0 Å². The minimum Gasteiger partial charge on any atom is -0.0837 e. The van der Waals surface area contributed by atoms with E-state index in [0.29, 0.717) is 5.41 Å². The average molecular weight is 150 g/mol. The summed E-state index contributed by atoms with van der Waals surface area (Å²) in [5, 5.41) is 0. The predicted octanol–water partition coefficient (Wildman–Crippen LogP) is 3.55.